The van der Waals surface area contributed by atoms with Gasteiger partial charge in [0.1, 0.15) is 0 Å². The van der Waals surface area contributed by atoms with Crippen LogP contribution in [0.3, 0.4) is 0 Å². The van der Waals surface area contributed by atoms with E-state index in [9.17, 15) is 10.1 Å². The van der Waals surface area contributed by atoms with Gasteiger partial charge in [0.05, 0.1) is 12.0 Å². The van der Waals surface area contributed by atoms with Gasteiger partial charge in [0.2, 0.25) is 0 Å². The maximum Gasteiger partial charge on any atom is 0.161 e. The molecule has 2 aliphatic rings. The molecule has 0 aromatic rings. The summed E-state index contributed by atoms with van der Waals surface area (Å²) in [5, 5.41) is 9.45. The van der Waals surface area contributed by atoms with Gasteiger partial charge in [-0.25, -0.2) is 0 Å². The van der Waals surface area contributed by atoms with Crippen LogP contribution in [0.15, 0.2) is 16.3 Å². The fraction of sp³-hybridized carbons (Fsp3) is 0.706. The van der Waals surface area contributed by atoms with Crippen molar-refractivity contribution in [3.63, 3.8) is 0 Å². The van der Waals surface area contributed by atoms with Crippen LogP contribution in [0.1, 0.15) is 59.8 Å². The Morgan fingerprint density at radius 3 is 2.70 bits per heavy atom. The summed E-state index contributed by atoms with van der Waals surface area (Å²) in [5.74, 6) is 0.0652. The molecular formula is C17H24N2O. The molecule has 1 unspecified atom stereocenters. The summed E-state index contributed by atoms with van der Waals surface area (Å²) in [6.07, 6.45) is 4.51. The summed E-state index contributed by atoms with van der Waals surface area (Å²) in [7, 11) is 0. The number of allylic oxidation sites excluding steroid dienone is 2. The molecule has 0 aromatic heterocycles. The van der Waals surface area contributed by atoms with Crippen LogP contribution in [0.5, 0.6) is 0 Å². The molecule has 0 fully saturated rings. The van der Waals surface area contributed by atoms with Crippen molar-refractivity contribution in [3.8, 4) is 6.07 Å². The number of unbranched alkanes of at least 4 members (excludes halogenated alkanes) is 1. The van der Waals surface area contributed by atoms with Crippen LogP contribution >= 0.6 is 0 Å². The van der Waals surface area contributed by atoms with E-state index in [-0.39, 0.29) is 23.0 Å². The summed E-state index contributed by atoms with van der Waals surface area (Å²) in [4.78, 5) is 17.2. The Labute approximate surface area is 121 Å². The van der Waals surface area contributed by atoms with Gasteiger partial charge in [-0.3, -0.25) is 9.79 Å². The van der Waals surface area contributed by atoms with Crippen molar-refractivity contribution < 1.29 is 4.79 Å². The molecule has 2 rings (SSSR count). The fourth-order valence-corrected chi connectivity index (χ4v) is 3.48. The van der Waals surface area contributed by atoms with Crippen LogP contribution in [0.4, 0.5) is 0 Å². The van der Waals surface area contributed by atoms with Crippen molar-refractivity contribution in [1.29, 1.82) is 5.26 Å². The lowest BCUT2D eigenvalue weighted by Crippen LogP contribution is -2.36. The average Bonchev–Trinajstić information content (AvgIpc) is 2.33. The zero-order chi connectivity index (χ0) is 14.9. The second kappa shape index (κ2) is 5.52. The quantitative estimate of drug-likeness (QED) is 0.778. The van der Waals surface area contributed by atoms with E-state index in [2.05, 4.69) is 31.8 Å². The molecule has 0 aromatic carbocycles. The summed E-state index contributed by atoms with van der Waals surface area (Å²) in [6, 6.07) is 2.37. The molecule has 0 amide bonds. The Morgan fingerprint density at radius 1 is 1.40 bits per heavy atom. The molecular weight excluding hydrogens is 248 g/mol. The summed E-state index contributed by atoms with van der Waals surface area (Å²) in [6.45, 7) is 8.32. The molecule has 3 heteroatoms. The largest absolute Gasteiger partial charge is 0.294 e. The highest BCUT2D eigenvalue weighted by molar-refractivity contribution is 6.02. The number of hydrogen-bond donors (Lipinski definition) is 0. The maximum absolute atomic E-state index is 12.5. The molecule has 3 nitrogen and oxygen atoms in total. The minimum Gasteiger partial charge on any atom is -0.294 e. The van der Waals surface area contributed by atoms with E-state index in [0.29, 0.717) is 6.42 Å². The number of carbonyl (C=O) groups excluding carboxylic acids is 1. The van der Waals surface area contributed by atoms with E-state index < -0.39 is 0 Å². The van der Waals surface area contributed by atoms with E-state index in [0.717, 1.165) is 42.7 Å². The molecule has 1 heterocycles. The first kappa shape index (κ1) is 15.0. The molecule has 2 atom stereocenters. The molecule has 0 bridgehead atoms. The monoisotopic (exact) mass is 272 g/mol. The molecule has 20 heavy (non-hydrogen) atoms. The zero-order valence-corrected chi connectivity index (χ0v) is 13.0. The fourth-order valence-electron chi connectivity index (χ4n) is 3.48. The highest BCUT2D eigenvalue weighted by atomic mass is 16.1. The highest BCUT2D eigenvalue weighted by Gasteiger charge is 2.41. The zero-order valence-electron chi connectivity index (χ0n) is 13.0. The number of nitrogens with zero attached hydrogens (tertiary/aromatic N) is 2. The Morgan fingerprint density at radius 2 is 2.10 bits per heavy atom. The number of ketones is 1. The summed E-state index contributed by atoms with van der Waals surface area (Å²) in [5.41, 5.74) is 2.71. The van der Waals surface area contributed by atoms with Gasteiger partial charge in [-0.15, -0.1) is 0 Å². The van der Waals surface area contributed by atoms with Crippen molar-refractivity contribution in [1.82, 2.24) is 0 Å². The van der Waals surface area contributed by atoms with Crippen LogP contribution < -0.4 is 0 Å². The first-order valence-electron chi connectivity index (χ1n) is 7.60. The lowest BCUT2D eigenvalue weighted by Gasteiger charge is -2.37. The number of rotatable bonds is 3. The topological polar surface area (TPSA) is 53.2 Å². The van der Waals surface area contributed by atoms with Crippen molar-refractivity contribution >= 4 is 11.5 Å². The maximum atomic E-state index is 12.5. The molecule has 0 radical (unpaired) electrons. The number of nitriles is 1. The van der Waals surface area contributed by atoms with Gasteiger partial charge in [-0.05, 0) is 25.2 Å². The summed E-state index contributed by atoms with van der Waals surface area (Å²) < 4.78 is 0. The van der Waals surface area contributed by atoms with Crippen molar-refractivity contribution in [3.05, 3.63) is 11.3 Å². The number of carbonyl (C=O) groups is 1. The lowest BCUT2D eigenvalue weighted by molar-refractivity contribution is -0.118. The lowest BCUT2D eigenvalue weighted by atomic mass is 9.68. The minimum atomic E-state index is -0.217. The van der Waals surface area contributed by atoms with Gasteiger partial charge in [0, 0.05) is 29.3 Å². The van der Waals surface area contributed by atoms with Gasteiger partial charge in [-0.1, -0.05) is 33.6 Å². The van der Waals surface area contributed by atoms with Crippen LogP contribution in [0.25, 0.3) is 0 Å². The molecule has 0 N–H and O–H groups in total. The predicted octanol–water partition coefficient (Wildman–Crippen LogP) is 4.05. The Hall–Kier alpha value is -1.43. The van der Waals surface area contributed by atoms with Gasteiger partial charge in [-0.2, -0.15) is 5.26 Å². The molecule has 0 saturated carbocycles. The third-order valence-electron chi connectivity index (χ3n) is 4.44. The van der Waals surface area contributed by atoms with Crippen LogP contribution in [-0.4, -0.2) is 11.5 Å². The molecule has 1 aliphatic carbocycles. The number of aliphatic imine (C=N–C) groups is 1. The minimum absolute atomic E-state index is 0.00547. The van der Waals surface area contributed by atoms with E-state index >= 15 is 0 Å². The van der Waals surface area contributed by atoms with Gasteiger partial charge < -0.3 is 0 Å². The second-order valence-electron chi connectivity index (χ2n) is 6.91. The van der Waals surface area contributed by atoms with Gasteiger partial charge in [0.25, 0.3) is 0 Å². The third kappa shape index (κ3) is 2.70. The summed E-state index contributed by atoms with van der Waals surface area (Å²) >= 11 is 0. The van der Waals surface area contributed by atoms with Crippen molar-refractivity contribution in [2.45, 2.75) is 59.8 Å². The van der Waals surface area contributed by atoms with Crippen molar-refractivity contribution in [2.75, 3.05) is 0 Å². The smallest absolute Gasteiger partial charge is 0.161 e. The van der Waals surface area contributed by atoms with Crippen LogP contribution in [-0.2, 0) is 4.79 Å². The normalized spacial score (nSPS) is 28.8. The van der Waals surface area contributed by atoms with Crippen LogP contribution in [0.2, 0.25) is 0 Å². The van der Waals surface area contributed by atoms with E-state index in [4.69, 9.17) is 0 Å². The second-order valence-corrected chi connectivity index (χ2v) is 6.91. The van der Waals surface area contributed by atoms with E-state index in [1.165, 1.54) is 0 Å². The highest BCUT2D eigenvalue weighted by Crippen LogP contribution is 2.45. The first-order chi connectivity index (χ1) is 9.39. The Bertz CT molecular complexity index is 520. The average molecular weight is 272 g/mol. The third-order valence-corrected chi connectivity index (χ3v) is 4.44. The van der Waals surface area contributed by atoms with E-state index in [1.54, 1.807) is 0 Å². The van der Waals surface area contributed by atoms with Crippen molar-refractivity contribution in [2.24, 2.45) is 22.2 Å². The number of hydrogen-bond acceptors (Lipinski definition) is 3. The van der Waals surface area contributed by atoms with Gasteiger partial charge >= 0.3 is 0 Å². The Balaban J connectivity index is 2.43. The molecule has 0 saturated heterocycles. The van der Waals surface area contributed by atoms with Gasteiger partial charge in [0.15, 0.2) is 5.78 Å². The molecule has 0 spiro atoms. The van der Waals surface area contributed by atoms with E-state index in [1.807, 2.05) is 6.92 Å². The number of Topliss-reactive ketones (excluding diaryl/α,β-unsaturated/α-hetero) is 1. The SMILES string of the molecule is CCCC[C@H]1C2=C(CC(C)(C)CC2=O)N=C(C)C1C#N. The predicted molar refractivity (Wildman–Crippen MR) is 80.3 cm³/mol. The molecule has 108 valence electrons. The standard InChI is InChI=1S/C17H24N2O/c1-5-6-7-12-13(10-18)11(2)19-14-8-17(3,4)9-15(20)16(12)14/h12-13H,5-9H2,1-4H3/t12-,13?/m1/s1. The van der Waals surface area contributed by atoms with Crippen LogP contribution in [0, 0.1) is 28.6 Å². The first-order valence-corrected chi connectivity index (χ1v) is 7.60. The molecule has 1 aliphatic heterocycles. The Kier molecular flexibility index (Phi) is 4.13.